The number of hydrogen-bond donors (Lipinski definition) is 1. The maximum Gasteiger partial charge on any atom is 0.338 e. The lowest BCUT2D eigenvalue weighted by Crippen LogP contribution is -2.39. The monoisotopic (exact) mass is 377 g/mol. The molecule has 1 fully saturated rings. The number of nitrogens with zero attached hydrogens (tertiary/aromatic N) is 2. The Morgan fingerprint density at radius 2 is 2.04 bits per heavy atom. The molecule has 1 atom stereocenters. The number of non-ortho nitro benzene ring substituents is 1. The third-order valence-electron chi connectivity index (χ3n) is 4.75. The Balaban J connectivity index is 1.96. The molecule has 0 radical (unpaired) electrons. The minimum atomic E-state index is -0.686. The van der Waals surface area contributed by atoms with Crippen LogP contribution in [0.3, 0.4) is 0 Å². The third-order valence-corrected chi connectivity index (χ3v) is 4.75. The van der Waals surface area contributed by atoms with Crippen molar-refractivity contribution in [3.8, 4) is 0 Å². The molecule has 1 unspecified atom stereocenters. The summed E-state index contributed by atoms with van der Waals surface area (Å²) < 4.78 is 4.87. The zero-order chi connectivity index (χ0) is 19.8. The lowest BCUT2D eigenvalue weighted by molar-refractivity contribution is -0.384. The maximum atomic E-state index is 12.4. The van der Waals surface area contributed by atoms with Crippen molar-refractivity contribution in [1.29, 1.82) is 0 Å². The smallest absolute Gasteiger partial charge is 0.338 e. The van der Waals surface area contributed by atoms with E-state index in [1.807, 2.05) is 0 Å². The maximum absolute atomic E-state index is 12.4. The molecule has 0 spiro atoms. The van der Waals surface area contributed by atoms with Gasteiger partial charge in [-0.15, -0.1) is 0 Å². The Morgan fingerprint density at radius 1 is 1.30 bits per heavy atom. The van der Waals surface area contributed by atoms with Gasteiger partial charge in [-0.2, -0.15) is 0 Å². The number of ether oxygens (including phenoxy) is 1. The van der Waals surface area contributed by atoms with E-state index in [0.29, 0.717) is 12.6 Å². The molecule has 8 heteroatoms. The summed E-state index contributed by atoms with van der Waals surface area (Å²) >= 11 is 0. The van der Waals surface area contributed by atoms with Crippen LogP contribution in [-0.2, 0) is 4.74 Å². The zero-order valence-electron chi connectivity index (χ0n) is 15.9. The first-order chi connectivity index (χ1) is 12.9. The number of nitrogens with one attached hydrogen (secondary N) is 1. The summed E-state index contributed by atoms with van der Waals surface area (Å²) in [5.41, 5.74) is -0.232. The molecular weight excluding hydrogens is 350 g/mol. The summed E-state index contributed by atoms with van der Waals surface area (Å²) in [6.07, 6.45) is 4.48. The number of nitro benzene ring substituents is 1. The molecule has 0 aromatic heterocycles. The minimum absolute atomic E-state index is 0.00154. The number of likely N-dealkylation sites (tertiary alicyclic amines) is 1. The summed E-state index contributed by atoms with van der Waals surface area (Å²) in [7, 11) is 0. The van der Waals surface area contributed by atoms with E-state index < -0.39 is 16.8 Å². The van der Waals surface area contributed by atoms with Crippen molar-refractivity contribution in [3.63, 3.8) is 0 Å². The number of rotatable bonds is 8. The average Bonchev–Trinajstić information content (AvgIpc) is 2.66. The molecule has 1 aliphatic rings. The number of esters is 1. The summed E-state index contributed by atoms with van der Waals surface area (Å²) in [6.45, 7) is 6.48. The van der Waals surface area contributed by atoms with Crippen molar-refractivity contribution in [3.05, 3.63) is 39.4 Å². The van der Waals surface area contributed by atoms with Gasteiger partial charge in [0, 0.05) is 36.8 Å². The van der Waals surface area contributed by atoms with Crippen LogP contribution in [0.4, 0.5) is 5.69 Å². The van der Waals surface area contributed by atoms with E-state index in [4.69, 9.17) is 4.74 Å². The van der Waals surface area contributed by atoms with Gasteiger partial charge >= 0.3 is 5.97 Å². The normalized spacial score (nSPS) is 17.3. The predicted molar refractivity (Wildman–Crippen MR) is 101 cm³/mol. The number of hydrogen-bond acceptors (Lipinski definition) is 6. The first kappa shape index (κ1) is 20.8. The molecule has 0 saturated carbocycles. The van der Waals surface area contributed by atoms with Gasteiger partial charge in [0.25, 0.3) is 11.6 Å². The molecular formula is C19H27N3O5. The van der Waals surface area contributed by atoms with Crippen LogP contribution in [0.15, 0.2) is 18.2 Å². The number of benzene rings is 1. The molecule has 1 saturated heterocycles. The number of carbonyl (C=O) groups is 2. The summed E-state index contributed by atoms with van der Waals surface area (Å²) in [5, 5.41) is 13.9. The standard InChI is InChI=1S/C19H27N3O5/c1-3-27-19(24)16-11-15(12-17(13-16)22(25)26)18(23)20-8-6-10-21-9-5-4-7-14(21)2/h11-14H,3-10H2,1-2H3,(H,20,23). The third kappa shape index (κ3) is 6.02. The van der Waals surface area contributed by atoms with Crippen molar-refractivity contribution >= 4 is 17.6 Å². The van der Waals surface area contributed by atoms with Gasteiger partial charge < -0.3 is 15.0 Å². The van der Waals surface area contributed by atoms with E-state index in [9.17, 15) is 19.7 Å². The van der Waals surface area contributed by atoms with Crippen molar-refractivity contribution in [2.24, 2.45) is 0 Å². The van der Waals surface area contributed by atoms with Gasteiger partial charge in [-0.3, -0.25) is 14.9 Å². The lowest BCUT2D eigenvalue weighted by atomic mass is 10.0. The van der Waals surface area contributed by atoms with E-state index in [0.717, 1.165) is 25.6 Å². The van der Waals surface area contributed by atoms with Crippen LogP contribution in [0, 0.1) is 10.1 Å². The number of piperidine rings is 1. The van der Waals surface area contributed by atoms with Crippen molar-refractivity contribution in [1.82, 2.24) is 10.2 Å². The van der Waals surface area contributed by atoms with E-state index in [2.05, 4.69) is 17.1 Å². The Morgan fingerprint density at radius 3 is 2.70 bits per heavy atom. The average molecular weight is 377 g/mol. The van der Waals surface area contributed by atoms with E-state index in [1.165, 1.54) is 31.4 Å². The quantitative estimate of drug-likeness (QED) is 0.323. The molecule has 8 nitrogen and oxygen atoms in total. The van der Waals surface area contributed by atoms with Gasteiger partial charge in [0.2, 0.25) is 0 Å². The van der Waals surface area contributed by atoms with Crippen LogP contribution < -0.4 is 5.32 Å². The highest BCUT2D eigenvalue weighted by Gasteiger charge is 2.19. The van der Waals surface area contributed by atoms with E-state index in [1.54, 1.807) is 6.92 Å². The van der Waals surface area contributed by atoms with Gasteiger partial charge in [0.15, 0.2) is 0 Å². The Kier molecular flexibility index (Phi) is 7.72. The fourth-order valence-electron chi connectivity index (χ4n) is 3.26. The second-order valence-corrected chi connectivity index (χ2v) is 6.74. The topological polar surface area (TPSA) is 102 Å². The molecule has 1 heterocycles. The Bertz CT molecular complexity index is 692. The first-order valence-corrected chi connectivity index (χ1v) is 9.41. The van der Waals surface area contributed by atoms with Crippen LogP contribution >= 0.6 is 0 Å². The van der Waals surface area contributed by atoms with Crippen molar-refractivity contribution < 1.29 is 19.2 Å². The molecule has 1 aromatic rings. The minimum Gasteiger partial charge on any atom is -0.462 e. The number of nitro groups is 1. The molecule has 1 aromatic carbocycles. The molecule has 1 amide bonds. The zero-order valence-corrected chi connectivity index (χ0v) is 15.9. The molecule has 0 bridgehead atoms. The second-order valence-electron chi connectivity index (χ2n) is 6.74. The van der Waals surface area contributed by atoms with Crippen LogP contribution in [-0.4, -0.2) is 54.0 Å². The van der Waals surface area contributed by atoms with Gasteiger partial charge in [0.05, 0.1) is 17.1 Å². The largest absolute Gasteiger partial charge is 0.462 e. The molecule has 0 aliphatic carbocycles. The van der Waals surface area contributed by atoms with Gasteiger partial charge in [-0.1, -0.05) is 6.42 Å². The first-order valence-electron chi connectivity index (χ1n) is 9.41. The van der Waals surface area contributed by atoms with Crippen LogP contribution in [0.1, 0.15) is 60.2 Å². The summed E-state index contributed by atoms with van der Waals surface area (Å²) in [5.74, 6) is -1.12. The molecule has 1 aliphatic heterocycles. The van der Waals surface area contributed by atoms with Crippen molar-refractivity contribution in [2.45, 2.75) is 45.6 Å². The fourth-order valence-corrected chi connectivity index (χ4v) is 3.26. The van der Waals surface area contributed by atoms with Crippen LogP contribution in [0.5, 0.6) is 0 Å². The van der Waals surface area contributed by atoms with Crippen LogP contribution in [0.2, 0.25) is 0 Å². The fraction of sp³-hybridized carbons (Fsp3) is 0.579. The highest BCUT2D eigenvalue weighted by molar-refractivity contribution is 5.98. The number of amides is 1. The van der Waals surface area contributed by atoms with E-state index in [-0.39, 0.29) is 23.4 Å². The van der Waals surface area contributed by atoms with Gasteiger partial charge in [-0.25, -0.2) is 4.79 Å². The van der Waals surface area contributed by atoms with E-state index >= 15 is 0 Å². The highest BCUT2D eigenvalue weighted by atomic mass is 16.6. The molecule has 148 valence electrons. The summed E-state index contributed by atoms with van der Waals surface area (Å²) in [4.78, 5) is 37.1. The van der Waals surface area contributed by atoms with Crippen molar-refractivity contribution in [2.75, 3.05) is 26.2 Å². The molecule has 1 N–H and O–H groups in total. The number of carbonyl (C=O) groups excluding carboxylic acids is 2. The predicted octanol–water partition coefficient (Wildman–Crippen LogP) is 2.77. The lowest BCUT2D eigenvalue weighted by Gasteiger charge is -2.33. The summed E-state index contributed by atoms with van der Waals surface area (Å²) in [6, 6.07) is 4.18. The molecule has 27 heavy (non-hydrogen) atoms. The van der Waals surface area contributed by atoms with Gasteiger partial charge in [0.1, 0.15) is 0 Å². The Labute approximate surface area is 159 Å². The highest BCUT2D eigenvalue weighted by Crippen LogP contribution is 2.19. The molecule has 2 rings (SSSR count). The SMILES string of the molecule is CCOC(=O)c1cc(C(=O)NCCCN2CCCCC2C)cc([N+](=O)[O-])c1. The van der Waals surface area contributed by atoms with Crippen LogP contribution in [0.25, 0.3) is 0 Å². The van der Waals surface area contributed by atoms with Gasteiger partial charge in [-0.05, 0) is 45.7 Å². The Hall–Kier alpha value is -2.48. The second kappa shape index (κ2) is 10.0.